The summed E-state index contributed by atoms with van der Waals surface area (Å²) in [6.07, 6.45) is 0. The Labute approximate surface area is 101 Å². The zero-order valence-corrected chi connectivity index (χ0v) is 10.6. The maximum absolute atomic E-state index is 13.7. The number of rotatable bonds is 4. The molecule has 1 unspecified atom stereocenters. The topological polar surface area (TPSA) is 29.5 Å². The fourth-order valence-corrected chi connectivity index (χ4v) is 1.72. The number of hydrogen-bond donors (Lipinski definition) is 1. The third-order valence-corrected chi connectivity index (χ3v) is 2.78. The van der Waals surface area contributed by atoms with Crippen molar-refractivity contribution in [2.45, 2.75) is 19.4 Å². The van der Waals surface area contributed by atoms with Gasteiger partial charge in [-0.05, 0) is 41.9 Å². The molecule has 1 aromatic carbocycles. The molecule has 1 rings (SSSR count). The first-order valence-electron chi connectivity index (χ1n) is 4.84. The zero-order valence-electron chi connectivity index (χ0n) is 9.06. The molecule has 0 fully saturated rings. The van der Waals surface area contributed by atoms with Gasteiger partial charge in [0, 0.05) is 6.61 Å². The Morgan fingerprint density at radius 2 is 2.06 bits per heavy atom. The lowest BCUT2D eigenvalue weighted by atomic mass is 9.96. The van der Waals surface area contributed by atoms with Gasteiger partial charge in [0.2, 0.25) is 0 Å². The second kappa shape index (κ2) is 5.21. The van der Waals surface area contributed by atoms with Crippen molar-refractivity contribution in [2.24, 2.45) is 0 Å². The molecular weight excluding hydrogens is 282 g/mol. The van der Waals surface area contributed by atoms with Crippen LogP contribution in [0.15, 0.2) is 16.6 Å². The number of halogens is 3. The summed E-state index contributed by atoms with van der Waals surface area (Å²) in [6, 6.07) is 2.35. The third kappa shape index (κ3) is 2.78. The molecule has 0 radical (unpaired) electrons. The monoisotopic (exact) mass is 294 g/mol. The second-order valence-electron chi connectivity index (χ2n) is 3.63. The maximum atomic E-state index is 13.7. The first-order valence-corrected chi connectivity index (χ1v) is 5.63. The lowest BCUT2D eigenvalue weighted by Gasteiger charge is -2.24. The first kappa shape index (κ1) is 13.5. The molecule has 1 N–H and O–H groups in total. The Bertz CT molecular complexity index is 380. The van der Waals surface area contributed by atoms with Gasteiger partial charge >= 0.3 is 0 Å². The first-order chi connectivity index (χ1) is 7.40. The molecule has 0 aliphatic carbocycles. The predicted molar refractivity (Wildman–Crippen MR) is 60.1 cm³/mol. The lowest BCUT2D eigenvalue weighted by molar-refractivity contribution is -0.0388. The van der Waals surface area contributed by atoms with Crippen LogP contribution in [-0.2, 0) is 10.3 Å². The van der Waals surface area contributed by atoms with E-state index in [0.717, 1.165) is 6.07 Å². The average Bonchev–Trinajstić information content (AvgIpc) is 2.21. The van der Waals surface area contributed by atoms with Crippen molar-refractivity contribution in [3.63, 3.8) is 0 Å². The van der Waals surface area contributed by atoms with Crippen molar-refractivity contribution in [3.05, 3.63) is 33.8 Å². The molecule has 0 amide bonds. The number of aliphatic hydroxyl groups is 1. The summed E-state index contributed by atoms with van der Waals surface area (Å²) < 4.78 is 32.3. The van der Waals surface area contributed by atoms with Crippen LogP contribution in [0.25, 0.3) is 0 Å². The summed E-state index contributed by atoms with van der Waals surface area (Å²) in [4.78, 5) is 0. The predicted octanol–water partition coefficient (Wildman–Crippen LogP) is 2.97. The van der Waals surface area contributed by atoms with E-state index >= 15 is 0 Å². The Balaban J connectivity index is 3.15. The summed E-state index contributed by atoms with van der Waals surface area (Å²) in [5, 5.41) is 9.98. The van der Waals surface area contributed by atoms with Gasteiger partial charge in [0.1, 0.15) is 17.2 Å². The Morgan fingerprint density at radius 3 is 2.62 bits per heavy atom. The van der Waals surface area contributed by atoms with E-state index in [1.165, 1.54) is 13.0 Å². The normalized spacial score (nSPS) is 14.9. The average molecular weight is 295 g/mol. The van der Waals surface area contributed by atoms with Gasteiger partial charge < -0.3 is 9.84 Å². The van der Waals surface area contributed by atoms with Gasteiger partial charge in [0.25, 0.3) is 0 Å². The van der Waals surface area contributed by atoms with E-state index in [0.29, 0.717) is 6.61 Å². The molecule has 0 heterocycles. The molecule has 0 aliphatic rings. The van der Waals surface area contributed by atoms with Crippen molar-refractivity contribution in [1.82, 2.24) is 0 Å². The van der Waals surface area contributed by atoms with E-state index in [2.05, 4.69) is 15.9 Å². The SMILES string of the molecule is CCOCC(C)(O)c1c(F)ccc(Br)c1F. The van der Waals surface area contributed by atoms with Crippen molar-refractivity contribution in [1.29, 1.82) is 0 Å². The molecule has 90 valence electrons. The minimum atomic E-state index is -1.69. The van der Waals surface area contributed by atoms with Crippen LogP contribution in [0.2, 0.25) is 0 Å². The summed E-state index contributed by atoms with van der Waals surface area (Å²) in [5.74, 6) is -1.59. The molecular formula is C11H13BrF2O2. The smallest absolute Gasteiger partial charge is 0.146 e. The Morgan fingerprint density at radius 1 is 1.44 bits per heavy atom. The molecule has 0 aromatic heterocycles. The summed E-state index contributed by atoms with van der Waals surface area (Å²) >= 11 is 2.95. The molecule has 1 aromatic rings. The van der Waals surface area contributed by atoms with E-state index in [1.54, 1.807) is 6.92 Å². The van der Waals surface area contributed by atoms with Crippen LogP contribution in [0.1, 0.15) is 19.4 Å². The molecule has 1 atom stereocenters. The molecule has 0 bridgehead atoms. The van der Waals surface area contributed by atoms with Gasteiger partial charge in [-0.1, -0.05) is 0 Å². The summed E-state index contributed by atoms with van der Waals surface area (Å²) in [5.41, 5.74) is -2.07. The number of ether oxygens (including phenoxy) is 1. The molecule has 5 heteroatoms. The van der Waals surface area contributed by atoms with Crippen molar-refractivity contribution < 1.29 is 18.6 Å². The zero-order chi connectivity index (χ0) is 12.3. The lowest BCUT2D eigenvalue weighted by Crippen LogP contribution is -2.30. The van der Waals surface area contributed by atoms with Crippen molar-refractivity contribution >= 4 is 15.9 Å². The van der Waals surface area contributed by atoms with Gasteiger partial charge in [-0.15, -0.1) is 0 Å². The molecule has 0 spiro atoms. The number of hydrogen-bond acceptors (Lipinski definition) is 2. The van der Waals surface area contributed by atoms with Crippen LogP contribution in [0.4, 0.5) is 8.78 Å². The molecule has 16 heavy (non-hydrogen) atoms. The van der Waals surface area contributed by atoms with Crippen LogP contribution >= 0.6 is 15.9 Å². The van der Waals surface area contributed by atoms with E-state index in [1.807, 2.05) is 0 Å². The van der Waals surface area contributed by atoms with Crippen LogP contribution in [-0.4, -0.2) is 18.3 Å². The van der Waals surface area contributed by atoms with Crippen LogP contribution in [0.3, 0.4) is 0 Å². The molecule has 0 aliphatic heterocycles. The Kier molecular flexibility index (Phi) is 4.41. The van der Waals surface area contributed by atoms with E-state index < -0.39 is 17.2 Å². The van der Waals surface area contributed by atoms with Gasteiger partial charge in [-0.25, -0.2) is 8.78 Å². The fraction of sp³-hybridized carbons (Fsp3) is 0.455. The van der Waals surface area contributed by atoms with Crippen molar-refractivity contribution in [2.75, 3.05) is 13.2 Å². The fourth-order valence-electron chi connectivity index (χ4n) is 1.39. The molecule has 0 saturated carbocycles. The number of benzene rings is 1. The van der Waals surface area contributed by atoms with Crippen LogP contribution in [0, 0.1) is 11.6 Å². The second-order valence-corrected chi connectivity index (χ2v) is 4.48. The van der Waals surface area contributed by atoms with Crippen LogP contribution < -0.4 is 0 Å². The highest BCUT2D eigenvalue weighted by Gasteiger charge is 2.31. The van der Waals surface area contributed by atoms with Gasteiger partial charge in [-0.2, -0.15) is 0 Å². The molecule has 0 saturated heterocycles. The highest BCUT2D eigenvalue weighted by molar-refractivity contribution is 9.10. The van der Waals surface area contributed by atoms with E-state index in [9.17, 15) is 13.9 Å². The largest absolute Gasteiger partial charge is 0.383 e. The third-order valence-electron chi connectivity index (χ3n) is 2.17. The van der Waals surface area contributed by atoms with E-state index in [4.69, 9.17) is 4.74 Å². The standard InChI is InChI=1S/C11H13BrF2O2/c1-3-16-6-11(2,15)9-8(13)5-4-7(12)10(9)14/h4-5,15H,3,6H2,1-2H3. The summed E-state index contributed by atoms with van der Waals surface area (Å²) in [6.45, 7) is 3.27. The summed E-state index contributed by atoms with van der Waals surface area (Å²) in [7, 11) is 0. The molecule has 2 nitrogen and oxygen atoms in total. The Hall–Kier alpha value is -0.520. The minimum absolute atomic E-state index is 0.112. The highest BCUT2D eigenvalue weighted by Crippen LogP contribution is 2.30. The highest BCUT2D eigenvalue weighted by atomic mass is 79.9. The van der Waals surface area contributed by atoms with Crippen molar-refractivity contribution in [3.8, 4) is 0 Å². The van der Waals surface area contributed by atoms with Gasteiger partial charge in [-0.3, -0.25) is 0 Å². The van der Waals surface area contributed by atoms with Gasteiger partial charge in [0.15, 0.2) is 0 Å². The maximum Gasteiger partial charge on any atom is 0.146 e. The van der Waals surface area contributed by atoms with E-state index in [-0.39, 0.29) is 16.6 Å². The van der Waals surface area contributed by atoms with Crippen LogP contribution in [0.5, 0.6) is 0 Å². The minimum Gasteiger partial charge on any atom is -0.383 e. The quantitative estimate of drug-likeness (QED) is 0.865. The van der Waals surface area contributed by atoms with Gasteiger partial charge in [0.05, 0.1) is 16.6 Å².